The normalized spacial score (nSPS) is 16.3. The fourth-order valence-electron chi connectivity index (χ4n) is 4.03. The lowest BCUT2D eigenvalue weighted by Crippen LogP contribution is -2.45. The zero-order chi connectivity index (χ0) is 25.5. The lowest BCUT2D eigenvalue weighted by Gasteiger charge is -2.32. The predicted molar refractivity (Wildman–Crippen MR) is 146 cm³/mol. The summed E-state index contributed by atoms with van der Waals surface area (Å²) in [6, 6.07) is 15.0. The van der Waals surface area contributed by atoms with Crippen molar-refractivity contribution >= 4 is 27.2 Å². The van der Waals surface area contributed by atoms with Crippen LogP contribution in [0.1, 0.15) is 6.92 Å². The Morgan fingerprint density at radius 1 is 1.11 bits per heavy atom. The number of hydrogen-bond acceptors (Lipinski definition) is 9. The van der Waals surface area contributed by atoms with Crippen LogP contribution in [-0.4, -0.2) is 83.2 Å². The van der Waals surface area contributed by atoms with E-state index < -0.39 is 9.73 Å². The predicted octanol–water partition coefficient (Wildman–Crippen LogP) is 3.98. The van der Waals surface area contributed by atoms with Crippen molar-refractivity contribution in [2.45, 2.75) is 11.8 Å². The number of aromatic nitrogens is 2. The van der Waals surface area contributed by atoms with Gasteiger partial charge >= 0.3 is 0 Å². The summed E-state index contributed by atoms with van der Waals surface area (Å²) < 4.78 is 25.6. The minimum absolute atomic E-state index is 0.427. The molecule has 0 radical (unpaired) electrons. The van der Waals surface area contributed by atoms with Gasteiger partial charge in [-0.1, -0.05) is 18.2 Å². The van der Waals surface area contributed by atoms with Crippen molar-refractivity contribution in [1.82, 2.24) is 19.8 Å². The molecule has 192 valence electrons. The molecule has 3 aromatic rings. The molecule has 2 heterocycles. The van der Waals surface area contributed by atoms with Gasteiger partial charge in [-0.2, -0.15) is 4.98 Å². The van der Waals surface area contributed by atoms with Crippen LogP contribution in [0, 0.1) is 4.78 Å². The van der Waals surface area contributed by atoms with Crippen molar-refractivity contribution in [3.63, 3.8) is 0 Å². The fourth-order valence-corrected chi connectivity index (χ4v) is 4.72. The van der Waals surface area contributed by atoms with Gasteiger partial charge in [0.15, 0.2) is 0 Å². The Morgan fingerprint density at radius 3 is 2.56 bits per heavy atom. The topological polar surface area (TPSA) is 106 Å². The number of anilines is 3. The van der Waals surface area contributed by atoms with Gasteiger partial charge in [0.05, 0.1) is 16.3 Å². The van der Waals surface area contributed by atoms with Crippen molar-refractivity contribution < 1.29 is 8.95 Å². The summed E-state index contributed by atoms with van der Waals surface area (Å²) >= 11 is 0. The monoisotopic (exact) mass is 509 g/mol. The molecule has 10 heteroatoms. The second kappa shape index (κ2) is 11.7. The maximum absolute atomic E-state index is 12.2. The summed E-state index contributed by atoms with van der Waals surface area (Å²) in [4.78, 5) is 14.6. The molecular weight excluding hydrogens is 474 g/mol. The van der Waals surface area contributed by atoms with E-state index >= 15 is 0 Å². The van der Waals surface area contributed by atoms with E-state index in [0.29, 0.717) is 23.1 Å². The smallest absolute Gasteiger partial charge is 0.229 e. The Balaban J connectivity index is 1.55. The fraction of sp³-hybridized carbons (Fsp3) is 0.385. The largest absolute Gasteiger partial charge is 0.494 e. The van der Waals surface area contributed by atoms with E-state index in [-0.39, 0.29) is 0 Å². The third kappa shape index (κ3) is 6.93. The number of benzene rings is 2. The highest BCUT2D eigenvalue weighted by atomic mass is 32.2. The zero-order valence-corrected chi connectivity index (χ0v) is 22.0. The van der Waals surface area contributed by atoms with Gasteiger partial charge in [0, 0.05) is 67.9 Å². The van der Waals surface area contributed by atoms with Gasteiger partial charge in [-0.15, -0.1) is 0 Å². The third-order valence-corrected chi connectivity index (χ3v) is 7.27. The molecular formula is C26H35N7O2S. The number of nitrogens with one attached hydrogen (secondary N) is 3. The molecule has 4 rings (SSSR count). The molecule has 3 N–H and O–H groups in total. The van der Waals surface area contributed by atoms with Crippen LogP contribution in [0.25, 0.3) is 11.1 Å². The molecule has 1 saturated heterocycles. The Labute approximate surface area is 213 Å². The molecule has 0 amide bonds. The van der Waals surface area contributed by atoms with Crippen LogP contribution in [0.2, 0.25) is 0 Å². The van der Waals surface area contributed by atoms with Gasteiger partial charge in [0.1, 0.15) is 11.6 Å². The zero-order valence-electron chi connectivity index (χ0n) is 21.2. The van der Waals surface area contributed by atoms with Crippen LogP contribution in [0.5, 0.6) is 5.75 Å². The number of rotatable bonds is 10. The Hall–Kier alpha value is -3.21. The van der Waals surface area contributed by atoms with Gasteiger partial charge in [0.25, 0.3) is 0 Å². The number of ether oxygens (including phenoxy) is 1. The highest BCUT2D eigenvalue weighted by Crippen LogP contribution is 2.29. The summed E-state index contributed by atoms with van der Waals surface area (Å²) in [6.45, 7) is 8.57. The molecule has 9 nitrogen and oxygen atoms in total. The first kappa shape index (κ1) is 25.9. The van der Waals surface area contributed by atoms with Gasteiger partial charge < -0.3 is 20.3 Å². The van der Waals surface area contributed by atoms with E-state index in [9.17, 15) is 4.21 Å². The van der Waals surface area contributed by atoms with Crippen LogP contribution in [0.15, 0.2) is 59.6 Å². The molecule has 1 fully saturated rings. The van der Waals surface area contributed by atoms with Gasteiger partial charge in [0.2, 0.25) is 5.95 Å². The summed E-state index contributed by atoms with van der Waals surface area (Å²) in [6.07, 6.45) is 3.22. The number of hydrogen-bond donors (Lipinski definition) is 3. The molecule has 1 aliphatic rings. The first-order chi connectivity index (χ1) is 17.3. The highest BCUT2D eigenvalue weighted by molar-refractivity contribution is 7.91. The van der Waals surface area contributed by atoms with Crippen LogP contribution in [0.3, 0.4) is 0 Å². The molecule has 0 bridgehead atoms. The van der Waals surface area contributed by atoms with Gasteiger partial charge in [-0.25, -0.2) is 14.0 Å². The Morgan fingerprint density at radius 2 is 1.86 bits per heavy atom. The number of likely N-dealkylation sites (N-methyl/N-ethyl adjacent to an activating group) is 1. The van der Waals surface area contributed by atoms with Gasteiger partial charge in [-0.05, 0) is 49.9 Å². The molecule has 0 spiro atoms. The van der Waals surface area contributed by atoms with Crippen LogP contribution < -0.4 is 15.4 Å². The van der Waals surface area contributed by atoms with E-state index in [2.05, 4.69) is 32.5 Å². The van der Waals surface area contributed by atoms with Crippen LogP contribution >= 0.6 is 0 Å². The summed E-state index contributed by atoms with van der Waals surface area (Å²) in [5.74, 6) is 1.99. The lowest BCUT2D eigenvalue weighted by atomic mass is 10.1. The minimum Gasteiger partial charge on any atom is -0.494 e. The Kier molecular flexibility index (Phi) is 8.40. The minimum atomic E-state index is -2.81. The lowest BCUT2D eigenvalue weighted by molar-refractivity contribution is 0.158. The average molecular weight is 510 g/mol. The molecule has 1 unspecified atom stereocenters. The van der Waals surface area contributed by atoms with Crippen molar-refractivity contribution in [2.75, 3.05) is 69.8 Å². The average Bonchev–Trinajstić information content (AvgIpc) is 2.86. The highest BCUT2D eigenvalue weighted by Gasteiger charge is 2.15. The third-order valence-electron chi connectivity index (χ3n) is 6.12. The standard InChI is InChI=1S/C26H35N7O2S/c1-4-35-22-10-8-20(9-11-22)24-19-29-26(30-21-6-5-7-23(18-21)36(3,27)34)31-25(24)28-12-13-33-16-14-32(2)15-17-33/h5-11,18-19,27H,4,12-17H2,1-3H3,(H2,28,29,30,31). The van der Waals surface area contributed by atoms with Crippen molar-refractivity contribution in [2.24, 2.45) is 0 Å². The molecule has 1 aromatic heterocycles. The van der Waals surface area contributed by atoms with E-state index in [4.69, 9.17) is 14.5 Å². The second-order valence-corrected chi connectivity index (χ2v) is 11.1. The summed E-state index contributed by atoms with van der Waals surface area (Å²) in [5, 5.41) is 6.72. The summed E-state index contributed by atoms with van der Waals surface area (Å²) in [7, 11) is -0.654. The number of piperazine rings is 1. The molecule has 1 atom stereocenters. The maximum atomic E-state index is 12.2. The number of nitrogens with zero attached hydrogens (tertiary/aromatic N) is 4. The first-order valence-electron chi connectivity index (χ1n) is 12.2. The van der Waals surface area contributed by atoms with Gasteiger partial charge in [-0.3, -0.25) is 4.90 Å². The molecule has 2 aromatic carbocycles. The van der Waals surface area contributed by atoms with E-state index in [1.165, 1.54) is 6.26 Å². The molecule has 1 aliphatic heterocycles. The van der Waals surface area contributed by atoms with Crippen molar-refractivity contribution in [3.05, 3.63) is 54.7 Å². The SMILES string of the molecule is CCOc1ccc(-c2cnc(Nc3cccc(S(C)(=N)=O)c3)nc2NCCN2CCN(C)CC2)cc1. The Bertz CT molecular complexity index is 1260. The van der Waals surface area contributed by atoms with Crippen LogP contribution in [-0.2, 0) is 9.73 Å². The van der Waals surface area contributed by atoms with Crippen molar-refractivity contribution in [1.29, 1.82) is 4.78 Å². The van der Waals surface area contributed by atoms with Crippen LogP contribution in [0.4, 0.5) is 17.5 Å². The van der Waals surface area contributed by atoms with E-state index in [1.54, 1.807) is 24.4 Å². The summed E-state index contributed by atoms with van der Waals surface area (Å²) in [5.41, 5.74) is 2.58. The second-order valence-electron chi connectivity index (χ2n) is 8.98. The maximum Gasteiger partial charge on any atom is 0.229 e. The van der Waals surface area contributed by atoms with E-state index in [1.807, 2.05) is 37.3 Å². The van der Waals surface area contributed by atoms with Crippen molar-refractivity contribution in [3.8, 4) is 16.9 Å². The molecule has 0 saturated carbocycles. The molecule has 36 heavy (non-hydrogen) atoms. The van der Waals surface area contributed by atoms with E-state index in [0.717, 1.165) is 62.0 Å². The molecule has 0 aliphatic carbocycles. The first-order valence-corrected chi connectivity index (χ1v) is 14.1. The quantitative estimate of drug-likeness (QED) is 0.377.